The Balaban J connectivity index is 3.08. The van der Waals surface area contributed by atoms with Gasteiger partial charge in [0.25, 0.3) is 0 Å². The highest BCUT2D eigenvalue weighted by atomic mass is 16.6. The molecule has 7 heteroatoms. The van der Waals surface area contributed by atoms with Crippen molar-refractivity contribution in [2.45, 2.75) is 45.4 Å². The molecule has 0 saturated heterocycles. The van der Waals surface area contributed by atoms with Gasteiger partial charge in [-0.25, -0.2) is 0 Å². The molecule has 1 atom stereocenters. The van der Waals surface area contributed by atoms with Crippen molar-refractivity contribution in [2.24, 2.45) is 5.92 Å². The average Bonchev–Trinajstić information content (AvgIpc) is 2.62. The van der Waals surface area contributed by atoms with Crippen LogP contribution in [0.1, 0.15) is 51.0 Å². The summed E-state index contributed by atoms with van der Waals surface area (Å²) in [6.45, 7) is 3.69. The number of unbranched alkanes of at least 4 members (excludes halogenated alkanes) is 2. The summed E-state index contributed by atoms with van der Waals surface area (Å²) in [6.07, 6.45) is 2.98. The van der Waals surface area contributed by atoms with E-state index in [0.29, 0.717) is 18.4 Å². The fourth-order valence-electron chi connectivity index (χ4n) is 2.50. The molecule has 26 heavy (non-hydrogen) atoms. The lowest BCUT2D eigenvalue weighted by molar-refractivity contribution is -0.484. The Morgan fingerprint density at radius 1 is 1.00 bits per heavy atom. The van der Waals surface area contributed by atoms with Crippen molar-refractivity contribution in [3.63, 3.8) is 0 Å². The van der Waals surface area contributed by atoms with Crippen molar-refractivity contribution < 1.29 is 24.0 Å². The van der Waals surface area contributed by atoms with Crippen LogP contribution >= 0.6 is 0 Å². The molecule has 0 radical (unpaired) electrons. The van der Waals surface area contributed by atoms with Crippen LogP contribution in [0.15, 0.2) is 30.3 Å². The second kappa shape index (κ2) is 12.0. The summed E-state index contributed by atoms with van der Waals surface area (Å²) in [7, 11) is 0. The van der Waals surface area contributed by atoms with Crippen LogP contribution in [0.25, 0.3) is 0 Å². The SMILES string of the molecule is CCCCOC(=O)C(C(=O)OCCCC)C(C[N+](=O)[O-])c1ccccc1. The number of nitro groups is 1. The van der Waals surface area contributed by atoms with Gasteiger partial charge < -0.3 is 9.47 Å². The van der Waals surface area contributed by atoms with Gasteiger partial charge in [-0.15, -0.1) is 0 Å². The van der Waals surface area contributed by atoms with Crippen molar-refractivity contribution in [2.75, 3.05) is 19.8 Å². The van der Waals surface area contributed by atoms with E-state index in [1.807, 2.05) is 13.8 Å². The van der Waals surface area contributed by atoms with E-state index in [2.05, 4.69) is 0 Å². The topological polar surface area (TPSA) is 95.7 Å². The third-order valence-electron chi connectivity index (χ3n) is 3.97. The lowest BCUT2D eigenvalue weighted by atomic mass is 9.86. The zero-order chi connectivity index (χ0) is 19.4. The van der Waals surface area contributed by atoms with E-state index in [1.165, 1.54) is 0 Å². The average molecular weight is 365 g/mol. The van der Waals surface area contributed by atoms with Gasteiger partial charge in [-0.05, 0) is 18.4 Å². The summed E-state index contributed by atoms with van der Waals surface area (Å²) in [6, 6.07) is 8.52. The van der Waals surface area contributed by atoms with Crippen LogP contribution in [0.4, 0.5) is 0 Å². The molecule has 0 N–H and O–H groups in total. The molecule has 1 unspecified atom stereocenters. The molecule has 0 aliphatic rings. The Bertz CT molecular complexity index is 553. The van der Waals surface area contributed by atoms with Gasteiger partial charge in [0.05, 0.1) is 19.1 Å². The van der Waals surface area contributed by atoms with Crippen molar-refractivity contribution in [3.05, 3.63) is 46.0 Å². The number of carbonyl (C=O) groups excluding carboxylic acids is 2. The molecular formula is C19H27NO6. The molecule has 0 bridgehead atoms. The van der Waals surface area contributed by atoms with Crippen molar-refractivity contribution >= 4 is 11.9 Å². The fourth-order valence-corrected chi connectivity index (χ4v) is 2.50. The molecule has 0 spiro atoms. The summed E-state index contributed by atoms with van der Waals surface area (Å²) in [5.74, 6) is -3.82. The van der Waals surface area contributed by atoms with Crippen LogP contribution in [-0.2, 0) is 19.1 Å². The number of nitrogens with zero attached hydrogens (tertiary/aromatic N) is 1. The highest BCUT2D eigenvalue weighted by Crippen LogP contribution is 2.28. The normalized spacial score (nSPS) is 11.8. The monoisotopic (exact) mass is 365 g/mol. The van der Waals surface area contributed by atoms with Gasteiger partial charge in [0, 0.05) is 4.92 Å². The van der Waals surface area contributed by atoms with Crippen molar-refractivity contribution in [1.82, 2.24) is 0 Å². The molecule has 144 valence electrons. The molecule has 0 saturated carbocycles. The van der Waals surface area contributed by atoms with E-state index in [0.717, 1.165) is 12.8 Å². The Hall–Kier alpha value is -2.44. The van der Waals surface area contributed by atoms with Gasteiger partial charge in [0.1, 0.15) is 0 Å². The summed E-state index contributed by atoms with van der Waals surface area (Å²) in [4.78, 5) is 35.7. The summed E-state index contributed by atoms with van der Waals surface area (Å²) >= 11 is 0. The molecule has 0 aromatic heterocycles. The van der Waals surface area contributed by atoms with E-state index >= 15 is 0 Å². The maximum atomic E-state index is 12.5. The summed E-state index contributed by atoms with van der Waals surface area (Å²) in [5, 5.41) is 11.2. The first kappa shape index (κ1) is 21.6. The molecule has 0 fully saturated rings. The number of hydrogen-bond donors (Lipinski definition) is 0. The minimum Gasteiger partial charge on any atom is -0.465 e. The predicted octanol–water partition coefficient (Wildman–Crippen LogP) is 3.35. The molecule has 0 heterocycles. The van der Waals surface area contributed by atoms with Gasteiger partial charge in [-0.2, -0.15) is 0 Å². The Labute approximate surface area is 153 Å². The molecular weight excluding hydrogens is 338 g/mol. The Morgan fingerprint density at radius 3 is 1.92 bits per heavy atom. The first-order chi connectivity index (χ1) is 12.5. The van der Waals surface area contributed by atoms with Gasteiger partial charge in [-0.1, -0.05) is 57.0 Å². The van der Waals surface area contributed by atoms with Crippen LogP contribution in [0.3, 0.4) is 0 Å². The number of esters is 2. The molecule has 0 aliphatic carbocycles. The quantitative estimate of drug-likeness (QED) is 0.185. The number of carbonyl (C=O) groups is 2. The second-order valence-corrected chi connectivity index (χ2v) is 6.05. The fraction of sp³-hybridized carbons (Fsp3) is 0.579. The van der Waals surface area contributed by atoms with E-state index in [-0.39, 0.29) is 13.2 Å². The zero-order valence-corrected chi connectivity index (χ0v) is 15.4. The summed E-state index contributed by atoms with van der Waals surface area (Å²) < 4.78 is 10.4. The standard InChI is InChI=1S/C19H27NO6/c1-3-5-12-25-18(21)17(19(22)26-13-6-4-2)16(14-20(23)24)15-10-8-7-9-11-15/h7-11,16-17H,3-6,12-14H2,1-2H3. The van der Waals surface area contributed by atoms with Crippen LogP contribution in [0, 0.1) is 16.0 Å². The van der Waals surface area contributed by atoms with E-state index in [9.17, 15) is 19.7 Å². The van der Waals surface area contributed by atoms with Gasteiger partial charge >= 0.3 is 11.9 Å². The zero-order valence-electron chi connectivity index (χ0n) is 15.4. The van der Waals surface area contributed by atoms with E-state index in [4.69, 9.17) is 9.47 Å². The maximum absolute atomic E-state index is 12.5. The second-order valence-electron chi connectivity index (χ2n) is 6.05. The third kappa shape index (κ3) is 7.21. The molecule has 1 aromatic carbocycles. The first-order valence-corrected chi connectivity index (χ1v) is 9.01. The van der Waals surface area contributed by atoms with Crippen molar-refractivity contribution in [3.8, 4) is 0 Å². The van der Waals surface area contributed by atoms with E-state index < -0.39 is 35.2 Å². The smallest absolute Gasteiger partial charge is 0.321 e. The molecule has 1 rings (SSSR count). The molecule has 7 nitrogen and oxygen atoms in total. The van der Waals surface area contributed by atoms with Gasteiger partial charge in [0.2, 0.25) is 6.54 Å². The van der Waals surface area contributed by atoms with Crippen molar-refractivity contribution in [1.29, 1.82) is 0 Å². The van der Waals surface area contributed by atoms with Crippen LogP contribution in [-0.4, -0.2) is 36.6 Å². The number of ether oxygens (including phenoxy) is 2. The first-order valence-electron chi connectivity index (χ1n) is 9.01. The number of benzene rings is 1. The third-order valence-corrected chi connectivity index (χ3v) is 3.97. The number of hydrogen-bond acceptors (Lipinski definition) is 6. The van der Waals surface area contributed by atoms with Crippen LogP contribution in [0.2, 0.25) is 0 Å². The minimum absolute atomic E-state index is 0.175. The van der Waals surface area contributed by atoms with Crippen LogP contribution in [0.5, 0.6) is 0 Å². The highest BCUT2D eigenvalue weighted by molar-refractivity contribution is 5.96. The molecule has 1 aromatic rings. The minimum atomic E-state index is -1.35. The lowest BCUT2D eigenvalue weighted by Crippen LogP contribution is -2.36. The number of rotatable bonds is 12. The largest absolute Gasteiger partial charge is 0.465 e. The highest BCUT2D eigenvalue weighted by Gasteiger charge is 2.41. The Kier molecular flexibility index (Phi) is 9.97. The lowest BCUT2D eigenvalue weighted by Gasteiger charge is -2.22. The van der Waals surface area contributed by atoms with Gasteiger partial charge in [-0.3, -0.25) is 19.7 Å². The molecule has 0 aliphatic heterocycles. The maximum Gasteiger partial charge on any atom is 0.321 e. The summed E-state index contributed by atoms with van der Waals surface area (Å²) in [5.41, 5.74) is 0.536. The van der Waals surface area contributed by atoms with Gasteiger partial charge in [0.15, 0.2) is 5.92 Å². The molecule has 0 amide bonds. The Morgan fingerprint density at radius 2 is 1.50 bits per heavy atom. The van der Waals surface area contributed by atoms with E-state index in [1.54, 1.807) is 30.3 Å². The van der Waals surface area contributed by atoms with Crippen LogP contribution < -0.4 is 0 Å². The predicted molar refractivity (Wildman–Crippen MR) is 96.3 cm³/mol.